The van der Waals surface area contributed by atoms with Gasteiger partial charge in [0.25, 0.3) is 12.2 Å². The van der Waals surface area contributed by atoms with Crippen LogP contribution in [0.15, 0.2) is 24.3 Å². The largest absolute Gasteiger partial charge is 0.462 e. The summed E-state index contributed by atoms with van der Waals surface area (Å²) in [6, 6.07) is 5.74. The molecule has 1 aromatic rings. The van der Waals surface area contributed by atoms with E-state index in [2.05, 4.69) is 17.0 Å². The van der Waals surface area contributed by atoms with Crippen molar-refractivity contribution in [1.82, 2.24) is 5.32 Å². The summed E-state index contributed by atoms with van der Waals surface area (Å²) < 4.78 is 10.5. The fourth-order valence-electron chi connectivity index (χ4n) is 2.70. The molecular weight excluding hydrogens is 376 g/mol. The number of carbonyl (C=O) groups excluding carboxylic acids is 2. The molecule has 0 amide bonds. The van der Waals surface area contributed by atoms with Gasteiger partial charge in [0.1, 0.15) is 11.7 Å². The van der Waals surface area contributed by atoms with Gasteiger partial charge in [0.05, 0.1) is 11.0 Å². The van der Waals surface area contributed by atoms with E-state index in [-0.39, 0.29) is 23.2 Å². The number of nitro groups is 1. The lowest BCUT2D eigenvalue weighted by molar-refractivity contribution is -0.384. The molecule has 0 bridgehead atoms. The molecule has 0 saturated carbocycles. The van der Waals surface area contributed by atoms with Gasteiger partial charge in [0.2, 0.25) is 0 Å². The van der Waals surface area contributed by atoms with E-state index in [1.165, 1.54) is 24.3 Å². The van der Waals surface area contributed by atoms with Crippen LogP contribution in [-0.2, 0) is 14.3 Å². The van der Waals surface area contributed by atoms with Crippen molar-refractivity contribution in [3.8, 4) is 0 Å². The number of nitrogens with one attached hydrogen (secondary N) is 1. The van der Waals surface area contributed by atoms with Crippen LogP contribution in [0, 0.1) is 10.1 Å². The lowest BCUT2D eigenvalue weighted by Crippen LogP contribution is -2.31. The van der Waals surface area contributed by atoms with Crippen molar-refractivity contribution in [2.75, 3.05) is 13.1 Å². The van der Waals surface area contributed by atoms with Gasteiger partial charge in [-0.1, -0.05) is 19.8 Å². The van der Waals surface area contributed by atoms with E-state index in [0.717, 1.165) is 32.4 Å². The number of ether oxygens (including phenoxy) is 2. The van der Waals surface area contributed by atoms with E-state index >= 15 is 0 Å². The van der Waals surface area contributed by atoms with Crippen LogP contribution in [-0.4, -0.2) is 48.1 Å². The zero-order valence-corrected chi connectivity index (χ0v) is 17.7. The molecule has 1 N–H and O–H groups in total. The van der Waals surface area contributed by atoms with Crippen LogP contribution in [0.4, 0.5) is 5.69 Å². The first kappa shape index (κ1) is 24.7. The fourth-order valence-corrected chi connectivity index (χ4v) is 2.70. The third-order valence-corrected chi connectivity index (χ3v) is 4.25. The van der Waals surface area contributed by atoms with Gasteiger partial charge in [-0.3, -0.25) is 19.7 Å². The van der Waals surface area contributed by atoms with Crippen LogP contribution in [0.1, 0.15) is 63.7 Å². The molecule has 0 radical (unpaired) electrons. The first-order valence-corrected chi connectivity index (χ1v) is 9.94. The van der Waals surface area contributed by atoms with E-state index in [4.69, 9.17) is 4.74 Å². The first-order valence-electron chi connectivity index (χ1n) is 9.94. The maximum Gasteiger partial charge on any atom is 0.293 e. The first-order chi connectivity index (χ1) is 13.7. The van der Waals surface area contributed by atoms with Crippen molar-refractivity contribution in [3.63, 3.8) is 0 Å². The average Bonchev–Trinajstić information content (AvgIpc) is 3.17. The Balaban J connectivity index is 0.000000516. The van der Waals surface area contributed by atoms with Gasteiger partial charge in [-0.05, 0) is 52.3 Å². The molecule has 1 aliphatic heterocycles. The summed E-state index contributed by atoms with van der Waals surface area (Å²) in [7, 11) is 0. The summed E-state index contributed by atoms with van der Waals surface area (Å²) in [5, 5.41) is 13.9. The number of Topliss-reactive ketones (excluding diaryl/α,β-unsaturated/α-hetero) is 1. The number of rotatable bonds is 9. The molecule has 0 spiro atoms. The molecular formula is C21H32N2O6. The SMILES string of the molecule is CC(C)(C)OC=O.CCCCC(OC1CCNC1)C(=O)c1ccc([N+](=O)[O-])cc1. The second-order valence-electron chi connectivity index (χ2n) is 7.88. The second kappa shape index (κ2) is 12.3. The number of non-ortho nitro benzene ring substituents is 1. The lowest BCUT2D eigenvalue weighted by atomic mass is 10.0. The third kappa shape index (κ3) is 9.62. The van der Waals surface area contributed by atoms with Gasteiger partial charge in [-0.25, -0.2) is 0 Å². The minimum atomic E-state index is -0.469. The molecule has 2 rings (SSSR count). The quantitative estimate of drug-likeness (QED) is 0.287. The maximum absolute atomic E-state index is 12.6. The van der Waals surface area contributed by atoms with Gasteiger partial charge < -0.3 is 14.8 Å². The molecule has 2 atom stereocenters. The van der Waals surface area contributed by atoms with Crippen LogP contribution in [0.3, 0.4) is 0 Å². The molecule has 8 heteroatoms. The Kier molecular flexibility index (Phi) is 10.5. The summed E-state index contributed by atoms with van der Waals surface area (Å²) in [5.74, 6) is -0.0877. The third-order valence-electron chi connectivity index (χ3n) is 4.25. The smallest absolute Gasteiger partial charge is 0.293 e. The van der Waals surface area contributed by atoms with E-state index in [9.17, 15) is 19.7 Å². The Labute approximate surface area is 172 Å². The van der Waals surface area contributed by atoms with E-state index in [0.29, 0.717) is 18.5 Å². The molecule has 1 fully saturated rings. The van der Waals surface area contributed by atoms with Gasteiger partial charge >= 0.3 is 0 Å². The molecule has 0 aliphatic carbocycles. The summed E-state index contributed by atoms with van der Waals surface area (Å²) in [5.41, 5.74) is 0.141. The van der Waals surface area contributed by atoms with Crippen LogP contribution < -0.4 is 5.32 Å². The standard InChI is InChI=1S/C16H22N2O4.C5H10O2/c1-2-3-4-15(22-14-9-10-17-11-14)16(19)12-5-7-13(8-6-12)18(20)21;1-5(2,3)7-4-6/h5-8,14-15,17H,2-4,9-11H2,1H3;4H,1-3H3. The zero-order chi connectivity index (χ0) is 21.9. The normalized spacial score (nSPS) is 17.0. The average molecular weight is 408 g/mol. The van der Waals surface area contributed by atoms with Crippen molar-refractivity contribution in [3.05, 3.63) is 39.9 Å². The molecule has 0 aromatic heterocycles. The topological polar surface area (TPSA) is 108 Å². The number of hydrogen-bond acceptors (Lipinski definition) is 7. The molecule has 1 heterocycles. The summed E-state index contributed by atoms with van der Waals surface area (Å²) in [6.45, 7) is 9.68. The second-order valence-corrected chi connectivity index (χ2v) is 7.88. The zero-order valence-electron chi connectivity index (χ0n) is 17.7. The highest BCUT2D eigenvalue weighted by atomic mass is 16.6. The molecule has 29 heavy (non-hydrogen) atoms. The maximum atomic E-state index is 12.6. The summed E-state index contributed by atoms with van der Waals surface area (Å²) >= 11 is 0. The fraction of sp³-hybridized carbons (Fsp3) is 0.619. The van der Waals surface area contributed by atoms with Crippen LogP contribution in [0.5, 0.6) is 0 Å². The van der Waals surface area contributed by atoms with Crippen molar-refractivity contribution in [2.24, 2.45) is 0 Å². The Morgan fingerprint density at radius 3 is 2.41 bits per heavy atom. The number of nitrogens with zero attached hydrogens (tertiary/aromatic N) is 1. The van der Waals surface area contributed by atoms with Crippen LogP contribution >= 0.6 is 0 Å². The predicted molar refractivity (Wildman–Crippen MR) is 110 cm³/mol. The van der Waals surface area contributed by atoms with Gasteiger partial charge in [0.15, 0.2) is 5.78 Å². The van der Waals surface area contributed by atoms with E-state index in [1.807, 2.05) is 20.8 Å². The van der Waals surface area contributed by atoms with Crippen molar-refractivity contribution < 1.29 is 24.0 Å². The van der Waals surface area contributed by atoms with Gasteiger partial charge in [0, 0.05) is 24.2 Å². The Morgan fingerprint density at radius 2 is 2.00 bits per heavy atom. The lowest BCUT2D eigenvalue weighted by Gasteiger charge is -2.20. The van der Waals surface area contributed by atoms with Crippen LogP contribution in [0.25, 0.3) is 0 Å². The van der Waals surface area contributed by atoms with E-state index < -0.39 is 11.0 Å². The van der Waals surface area contributed by atoms with Gasteiger partial charge in [-0.2, -0.15) is 0 Å². The predicted octanol–water partition coefficient (Wildman–Crippen LogP) is 3.67. The summed E-state index contributed by atoms with van der Waals surface area (Å²) in [6.07, 6.45) is 3.12. The number of nitro benzene ring substituents is 1. The Morgan fingerprint density at radius 1 is 1.34 bits per heavy atom. The number of hydrogen-bond donors (Lipinski definition) is 1. The highest BCUT2D eigenvalue weighted by molar-refractivity contribution is 5.99. The Bertz CT molecular complexity index is 648. The number of unbranched alkanes of at least 4 members (excludes halogenated alkanes) is 1. The number of carbonyl (C=O) groups is 2. The minimum Gasteiger partial charge on any atom is -0.462 e. The molecule has 162 valence electrons. The van der Waals surface area contributed by atoms with Crippen molar-refractivity contribution in [2.45, 2.75) is 71.2 Å². The Hall–Kier alpha value is -2.32. The van der Waals surface area contributed by atoms with Crippen molar-refractivity contribution in [1.29, 1.82) is 0 Å². The molecule has 2 unspecified atom stereocenters. The molecule has 1 saturated heterocycles. The highest BCUT2D eigenvalue weighted by Gasteiger charge is 2.26. The summed E-state index contributed by atoms with van der Waals surface area (Å²) in [4.78, 5) is 32.4. The molecule has 8 nitrogen and oxygen atoms in total. The number of ketones is 1. The monoisotopic (exact) mass is 408 g/mol. The molecule has 1 aliphatic rings. The number of benzene rings is 1. The van der Waals surface area contributed by atoms with Crippen molar-refractivity contribution >= 4 is 17.9 Å². The molecule has 1 aromatic carbocycles. The van der Waals surface area contributed by atoms with Gasteiger partial charge in [-0.15, -0.1) is 0 Å². The van der Waals surface area contributed by atoms with Crippen LogP contribution in [0.2, 0.25) is 0 Å². The minimum absolute atomic E-state index is 0.0115. The van der Waals surface area contributed by atoms with E-state index in [1.54, 1.807) is 0 Å². The highest BCUT2D eigenvalue weighted by Crippen LogP contribution is 2.19.